The van der Waals surface area contributed by atoms with Gasteiger partial charge in [-0.25, -0.2) is 0 Å². The largest absolute Gasteiger partial charge is 0.193 e. The first-order valence-electron chi connectivity index (χ1n) is 1.97. The summed E-state index contributed by atoms with van der Waals surface area (Å²) in [7, 11) is 0. The summed E-state index contributed by atoms with van der Waals surface area (Å²) in [6, 6.07) is 1.83. The van der Waals surface area contributed by atoms with Gasteiger partial charge in [0.05, 0.1) is 6.07 Å². The van der Waals surface area contributed by atoms with Gasteiger partial charge >= 0.3 is 0 Å². The smallest absolute Gasteiger partial charge is 0.0909 e. The molecule has 0 aromatic heterocycles. The Hall–Kier alpha value is -0.480. The van der Waals surface area contributed by atoms with Crippen molar-refractivity contribution in [2.75, 3.05) is 0 Å². The van der Waals surface area contributed by atoms with Crippen LogP contribution in [0.2, 0.25) is 0 Å². The minimum absolute atomic E-state index is 0.0281. The van der Waals surface area contributed by atoms with Crippen LogP contribution in [0.15, 0.2) is 12.2 Å². The van der Waals surface area contributed by atoms with Crippen LogP contribution in [0.3, 0.4) is 0 Å². The molecule has 0 aromatic carbocycles. The molecule has 0 aromatic rings. The van der Waals surface area contributed by atoms with Gasteiger partial charge in [-0.1, -0.05) is 6.08 Å². The van der Waals surface area contributed by atoms with Crippen molar-refractivity contribution in [3.05, 3.63) is 12.2 Å². The Morgan fingerprint density at radius 3 is 2.57 bits per heavy atom. The number of hydrogen-bond acceptors (Lipinski definition) is 1. The second kappa shape index (κ2) is 3.70. The molecular formula is C5H6ClN. The highest BCUT2D eigenvalue weighted by atomic mass is 35.5. The van der Waals surface area contributed by atoms with Crippen molar-refractivity contribution >= 4 is 11.6 Å². The lowest BCUT2D eigenvalue weighted by molar-refractivity contribution is 1.23. The van der Waals surface area contributed by atoms with Gasteiger partial charge in [0.25, 0.3) is 0 Å². The van der Waals surface area contributed by atoms with Gasteiger partial charge in [0, 0.05) is 11.5 Å². The van der Waals surface area contributed by atoms with Crippen LogP contribution in [-0.2, 0) is 0 Å². The average molecular weight is 116 g/mol. The van der Waals surface area contributed by atoms with Crippen LogP contribution in [0.5, 0.6) is 0 Å². The fraction of sp³-hybridized carbons (Fsp3) is 0.400. The molecule has 0 spiro atoms. The number of nitrogens with zero attached hydrogens (tertiary/aromatic N) is 1. The van der Waals surface area contributed by atoms with E-state index in [0.29, 0.717) is 0 Å². The van der Waals surface area contributed by atoms with Crippen molar-refractivity contribution in [2.24, 2.45) is 0 Å². The minimum Gasteiger partial charge on any atom is -0.193 e. The number of rotatable bonds is 1. The van der Waals surface area contributed by atoms with Gasteiger partial charge in [0.1, 0.15) is 0 Å². The molecule has 0 radical (unpaired) electrons. The van der Waals surface area contributed by atoms with Crippen molar-refractivity contribution in [3.8, 4) is 6.07 Å². The molecule has 0 heterocycles. The van der Waals surface area contributed by atoms with E-state index in [1.165, 1.54) is 6.08 Å². The third-order valence-corrected chi connectivity index (χ3v) is 0.581. The van der Waals surface area contributed by atoms with E-state index in [2.05, 4.69) is 0 Å². The highest BCUT2D eigenvalue weighted by Gasteiger charge is 1.81. The minimum atomic E-state index is -0.0281. The van der Waals surface area contributed by atoms with Gasteiger partial charge in [-0.3, -0.25) is 0 Å². The zero-order valence-electron chi connectivity index (χ0n) is 4.06. The molecule has 7 heavy (non-hydrogen) atoms. The first-order valence-corrected chi connectivity index (χ1v) is 2.41. The van der Waals surface area contributed by atoms with Crippen LogP contribution >= 0.6 is 11.6 Å². The Bertz CT molecular complexity index is 99.1. The quantitative estimate of drug-likeness (QED) is 0.377. The molecule has 0 N–H and O–H groups in total. The second-order valence-electron chi connectivity index (χ2n) is 1.17. The highest BCUT2D eigenvalue weighted by Crippen LogP contribution is 1.92. The summed E-state index contributed by atoms with van der Waals surface area (Å²) in [6.45, 7) is 1.80. The van der Waals surface area contributed by atoms with Crippen molar-refractivity contribution < 1.29 is 0 Å². The van der Waals surface area contributed by atoms with Gasteiger partial charge in [0.2, 0.25) is 0 Å². The van der Waals surface area contributed by atoms with E-state index in [4.69, 9.17) is 16.9 Å². The maximum Gasteiger partial charge on any atom is 0.0909 e. The van der Waals surface area contributed by atoms with Gasteiger partial charge in [0.15, 0.2) is 0 Å². The van der Waals surface area contributed by atoms with E-state index in [0.717, 1.165) is 0 Å². The van der Waals surface area contributed by atoms with Crippen LogP contribution in [0, 0.1) is 11.3 Å². The van der Waals surface area contributed by atoms with Crippen molar-refractivity contribution in [2.45, 2.75) is 12.3 Å². The van der Waals surface area contributed by atoms with Crippen LogP contribution in [0.1, 0.15) is 6.92 Å². The van der Waals surface area contributed by atoms with Crippen LogP contribution in [0.4, 0.5) is 0 Å². The lowest BCUT2D eigenvalue weighted by atomic mass is 10.4. The molecule has 1 nitrogen and oxygen atoms in total. The summed E-state index contributed by atoms with van der Waals surface area (Å²) < 4.78 is 0. The third kappa shape index (κ3) is 5.52. The molecule has 0 saturated carbocycles. The Labute approximate surface area is 48.2 Å². The zero-order valence-corrected chi connectivity index (χ0v) is 4.81. The van der Waals surface area contributed by atoms with Gasteiger partial charge in [-0.05, 0) is 6.92 Å². The second-order valence-corrected chi connectivity index (χ2v) is 1.85. The van der Waals surface area contributed by atoms with E-state index in [1.807, 2.05) is 6.07 Å². The molecule has 38 valence electrons. The molecule has 0 fully saturated rings. The average Bonchev–Trinajstić information content (AvgIpc) is 1.61. The monoisotopic (exact) mass is 115 g/mol. The van der Waals surface area contributed by atoms with Crippen molar-refractivity contribution in [1.29, 1.82) is 5.26 Å². The van der Waals surface area contributed by atoms with E-state index in [9.17, 15) is 0 Å². The highest BCUT2D eigenvalue weighted by molar-refractivity contribution is 6.21. The normalized spacial score (nSPS) is 13.9. The molecule has 0 aliphatic rings. The number of halogens is 1. The molecule has 0 rings (SSSR count). The molecule has 0 bridgehead atoms. The SMILES string of the molecule is CC(Cl)/C=C/C#N. The number of allylic oxidation sites excluding steroid dienone is 2. The van der Waals surface area contributed by atoms with E-state index in [1.54, 1.807) is 13.0 Å². The van der Waals surface area contributed by atoms with Crippen molar-refractivity contribution in [3.63, 3.8) is 0 Å². The topological polar surface area (TPSA) is 23.8 Å². The summed E-state index contributed by atoms with van der Waals surface area (Å²) in [5.74, 6) is 0. The first-order chi connectivity index (χ1) is 3.27. The Kier molecular flexibility index (Phi) is 3.45. The molecule has 1 unspecified atom stereocenters. The van der Waals surface area contributed by atoms with Crippen LogP contribution < -0.4 is 0 Å². The molecule has 0 aliphatic carbocycles. The predicted octanol–water partition coefficient (Wildman–Crippen LogP) is 1.69. The summed E-state index contributed by atoms with van der Waals surface area (Å²) >= 11 is 5.42. The number of hydrogen-bond donors (Lipinski definition) is 0. The lowest BCUT2D eigenvalue weighted by Crippen LogP contribution is -1.78. The van der Waals surface area contributed by atoms with Gasteiger partial charge < -0.3 is 0 Å². The summed E-state index contributed by atoms with van der Waals surface area (Å²) in [4.78, 5) is 0. The molecule has 0 saturated heterocycles. The Morgan fingerprint density at radius 2 is 2.43 bits per heavy atom. The molecule has 1 atom stereocenters. The van der Waals surface area contributed by atoms with E-state index < -0.39 is 0 Å². The van der Waals surface area contributed by atoms with Crippen LogP contribution in [0.25, 0.3) is 0 Å². The van der Waals surface area contributed by atoms with E-state index >= 15 is 0 Å². The fourth-order valence-corrected chi connectivity index (χ4v) is 0.248. The van der Waals surface area contributed by atoms with E-state index in [-0.39, 0.29) is 5.38 Å². The predicted molar refractivity (Wildman–Crippen MR) is 30.1 cm³/mol. The molecule has 2 heteroatoms. The Balaban J connectivity index is 3.31. The summed E-state index contributed by atoms with van der Waals surface area (Å²) in [6.07, 6.45) is 3.00. The fourth-order valence-electron chi connectivity index (χ4n) is 0.176. The van der Waals surface area contributed by atoms with Gasteiger partial charge in [-0.15, -0.1) is 11.6 Å². The van der Waals surface area contributed by atoms with Crippen molar-refractivity contribution in [1.82, 2.24) is 0 Å². The zero-order chi connectivity index (χ0) is 5.70. The Morgan fingerprint density at radius 1 is 1.86 bits per heavy atom. The summed E-state index contributed by atoms with van der Waals surface area (Å²) in [5.41, 5.74) is 0. The molecule has 0 amide bonds. The molecule has 0 aliphatic heterocycles. The lowest BCUT2D eigenvalue weighted by Gasteiger charge is -1.83. The van der Waals surface area contributed by atoms with Gasteiger partial charge in [-0.2, -0.15) is 5.26 Å². The maximum atomic E-state index is 7.92. The maximum absolute atomic E-state index is 7.92. The number of alkyl halides is 1. The molecular weight excluding hydrogens is 110 g/mol. The third-order valence-electron chi connectivity index (χ3n) is 0.436. The number of nitriles is 1. The first kappa shape index (κ1) is 6.52. The summed E-state index contributed by atoms with van der Waals surface area (Å²) in [5, 5.41) is 7.89. The standard InChI is InChI=1S/C5H6ClN/c1-5(6)3-2-4-7/h2-3,5H,1H3/b3-2+. The van der Waals surface area contributed by atoms with Crippen LogP contribution in [-0.4, -0.2) is 5.38 Å².